The van der Waals surface area contributed by atoms with Crippen molar-refractivity contribution in [2.24, 2.45) is 0 Å². The number of fused-ring (bicyclic) bond motifs is 1. The Labute approximate surface area is 69.0 Å². The van der Waals surface area contributed by atoms with Gasteiger partial charge in [0.1, 0.15) is 0 Å². The maximum atomic E-state index is 2.47. The summed E-state index contributed by atoms with van der Waals surface area (Å²) in [7, 11) is 0. The second-order valence-electron chi connectivity index (χ2n) is 3.60. The van der Waals surface area contributed by atoms with Crippen LogP contribution in [0.1, 0.15) is 44.9 Å². The van der Waals surface area contributed by atoms with Gasteiger partial charge in [0.2, 0.25) is 0 Å². The van der Waals surface area contributed by atoms with Crippen LogP contribution in [0.25, 0.3) is 0 Å². The van der Waals surface area contributed by atoms with Crippen molar-refractivity contribution in [3.05, 3.63) is 23.3 Å². The van der Waals surface area contributed by atoms with E-state index >= 15 is 0 Å². The summed E-state index contributed by atoms with van der Waals surface area (Å²) in [4.78, 5) is 0. The Hall–Kier alpha value is -0.520. The highest BCUT2D eigenvalue weighted by Crippen LogP contribution is 2.30. The zero-order valence-corrected chi connectivity index (χ0v) is 7.10. The number of rotatable bonds is 0. The normalized spacial score (nSPS) is 24.7. The van der Waals surface area contributed by atoms with Gasteiger partial charge in [-0.2, -0.15) is 0 Å². The highest BCUT2D eigenvalue weighted by molar-refractivity contribution is 5.33. The van der Waals surface area contributed by atoms with Gasteiger partial charge in [-0.3, -0.25) is 0 Å². The van der Waals surface area contributed by atoms with E-state index in [1.807, 2.05) is 0 Å². The van der Waals surface area contributed by atoms with Crippen LogP contribution in [0.3, 0.4) is 0 Å². The fourth-order valence-corrected chi connectivity index (χ4v) is 2.09. The third-order valence-corrected chi connectivity index (χ3v) is 2.74. The van der Waals surface area contributed by atoms with Gasteiger partial charge < -0.3 is 0 Å². The second-order valence-corrected chi connectivity index (χ2v) is 3.60. The standard InChI is InChI=1S/C11H16/c1-2-6-10-8-4-5-9-11(10)7-3-1/h6,9H,1-5,7-8H2. The first-order valence-electron chi connectivity index (χ1n) is 4.85. The van der Waals surface area contributed by atoms with E-state index in [9.17, 15) is 0 Å². The Bertz CT molecular complexity index is 196. The quantitative estimate of drug-likeness (QED) is 0.492. The van der Waals surface area contributed by atoms with Gasteiger partial charge in [0, 0.05) is 0 Å². The zero-order valence-electron chi connectivity index (χ0n) is 7.10. The maximum Gasteiger partial charge on any atom is -0.0276 e. The Morgan fingerprint density at radius 1 is 0.727 bits per heavy atom. The zero-order chi connectivity index (χ0) is 7.52. The monoisotopic (exact) mass is 148 g/mol. The molecular weight excluding hydrogens is 132 g/mol. The van der Waals surface area contributed by atoms with Crippen LogP contribution in [0.5, 0.6) is 0 Å². The van der Waals surface area contributed by atoms with Gasteiger partial charge in [-0.15, -0.1) is 0 Å². The van der Waals surface area contributed by atoms with Gasteiger partial charge in [0.15, 0.2) is 0 Å². The first kappa shape index (κ1) is 7.15. The molecule has 0 spiro atoms. The molecule has 0 unspecified atom stereocenters. The molecule has 0 saturated heterocycles. The summed E-state index contributed by atoms with van der Waals surface area (Å²) in [5, 5.41) is 0. The molecule has 2 aliphatic rings. The first-order chi connectivity index (χ1) is 5.47. The lowest BCUT2D eigenvalue weighted by atomic mass is 9.92. The van der Waals surface area contributed by atoms with Crippen LogP contribution in [-0.2, 0) is 0 Å². The average molecular weight is 148 g/mol. The molecule has 0 bridgehead atoms. The summed E-state index contributed by atoms with van der Waals surface area (Å²) in [6.45, 7) is 0. The molecule has 0 atom stereocenters. The smallest absolute Gasteiger partial charge is 0.0276 e. The Morgan fingerprint density at radius 3 is 2.18 bits per heavy atom. The lowest BCUT2D eigenvalue weighted by Crippen LogP contribution is -1.94. The molecule has 0 aliphatic heterocycles. The molecule has 0 aromatic rings. The molecule has 0 radical (unpaired) electrons. The average Bonchev–Trinajstić information content (AvgIpc) is 2.28. The molecule has 0 amide bonds. The maximum absolute atomic E-state index is 2.47. The molecule has 0 aromatic heterocycles. The Kier molecular flexibility index (Phi) is 2.11. The van der Waals surface area contributed by atoms with E-state index in [4.69, 9.17) is 0 Å². The SMILES string of the molecule is C1=C2CCCC=C2CCCC1. The van der Waals surface area contributed by atoms with Gasteiger partial charge in [0.05, 0.1) is 0 Å². The minimum absolute atomic E-state index is 1.33. The molecule has 2 rings (SSSR count). The molecule has 0 N–H and O–H groups in total. The Balaban J connectivity index is 2.21. The molecule has 0 fully saturated rings. The molecule has 0 aromatic carbocycles. The van der Waals surface area contributed by atoms with Crippen LogP contribution in [0, 0.1) is 0 Å². The molecule has 11 heavy (non-hydrogen) atoms. The number of hydrogen-bond donors (Lipinski definition) is 0. The first-order valence-corrected chi connectivity index (χ1v) is 4.85. The molecule has 0 heteroatoms. The molecule has 2 aliphatic carbocycles. The van der Waals surface area contributed by atoms with Crippen molar-refractivity contribution in [3.63, 3.8) is 0 Å². The topological polar surface area (TPSA) is 0 Å². The van der Waals surface area contributed by atoms with Gasteiger partial charge in [-0.25, -0.2) is 0 Å². The van der Waals surface area contributed by atoms with E-state index in [1.165, 1.54) is 44.9 Å². The van der Waals surface area contributed by atoms with E-state index in [1.54, 1.807) is 11.1 Å². The van der Waals surface area contributed by atoms with Crippen molar-refractivity contribution >= 4 is 0 Å². The summed E-state index contributed by atoms with van der Waals surface area (Å²) in [5.74, 6) is 0. The molecule has 0 nitrogen and oxygen atoms in total. The van der Waals surface area contributed by atoms with Gasteiger partial charge in [-0.1, -0.05) is 12.2 Å². The second kappa shape index (κ2) is 3.25. The third kappa shape index (κ3) is 1.55. The van der Waals surface area contributed by atoms with E-state index in [0.717, 1.165) is 0 Å². The van der Waals surface area contributed by atoms with Crippen LogP contribution >= 0.6 is 0 Å². The summed E-state index contributed by atoms with van der Waals surface area (Å²) >= 11 is 0. The highest BCUT2D eigenvalue weighted by Gasteiger charge is 2.11. The van der Waals surface area contributed by atoms with Crippen molar-refractivity contribution in [2.75, 3.05) is 0 Å². The van der Waals surface area contributed by atoms with Crippen LogP contribution in [0.2, 0.25) is 0 Å². The minimum atomic E-state index is 1.33. The lowest BCUT2D eigenvalue weighted by Gasteiger charge is -2.14. The number of allylic oxidation sites excluding steroid dienone is 4. The minimum Gasteiger partial charge on any atom is -0.0811 e. The van der Waals surface area contributed by atoms with E-state index < -0.39 is 0 Å². The largest absolute Gasteiger partial charge is 0.0811 e. The molecular formula is C11H16. The molecule has 60 valence electrons. The van der Waals surface area contributed by atoms with E-state index in [0.29, 0.717) is 0 Å². The van der Waals surface area contributed by atoms with Crippen molar-refractivity contribution in [3.8, 4) is 0 Å². The van der Waals surface area contributed by atoms with Crippen molar-refractivity contribution in [2.45, 2.75) is 44.9 Å². The van der Waals surface area contributed by atoms with E-state index in [2.05, 4.69) is 12.2 Å². The lowest BCUT2D eigenvalue weighted by molar-refractivity contribution is 0.742. The van der Waals surface area contributed by atoms with Crippen molar-refractivity contribution < 1.29 is 0 Å². The van der Waals surface area contributed by atoms with Crippen molar-refractivity contribution in [1.82, 2.24) is 0 Å². The van der Waals surface area contributed by atoms with Gasteiger partial charge in [-0.05, 0) is 56.1 Å². The fraction of sp³-hybridized carbons (Fsp3) is 0.636. The molecule has 0 heterocycles. The Morgan fingerprint density at radius 2 is 1.36 bits per heavy atom. The van der Waals surface area contributed by atoms with Crippen LogP contribution in [0.4, 0.5) is 0 Å². The third-order valence-electron chi connectivity index (χ3n) is 2.74. The predicted octanol–water partition coefficient (Wildman–Crippen LogP) is 3.60. The fourth-order valence-electron chi connectivity index (χ4n) is 2.09. The van der Waals surface area contributed by atoms with Crippen LogP contribution in [-0.4, -0.2) is 0 Å². The summed E-state index contributed by atoms with van der Waals surface area (Å²) < 4.78 is 0. The van der Waals surface area contributed by atoms with Crippen LogP contribution in [0.15, 0.2) is 23.3 Å². The predicted molar refractivity (Wildman–Crippen MR) is 48.5 cm³/mol. The van der Waals surface area contributed by atoms with Gasteiger partial charge in [0.25, 0.3) is 0 Å². The summed E-state index contributed by atoms with van der Waals surface area (Å²) in [5.41, 5.74) is 3.35. The molecule has 0 saturated carbocycles. The number of hydrogen-bond acceptors (Lipinski definition) is 0. The van der Waals surface area contributed by atoms with Gasteiger partial charge >= 0.3 is 0 Å². The van der Waals surface area contributed by atoms with E-state index in [-0.39, 0.29) is 0 Å². The summed E-state index contributed by atoms with van der Waals surface area (Å²) in [6, 6.07) is 0. The summed E-state index contributed by atoms with van der Waals surface area (Å²) in [6.07, 6.45) is 14.5. The highest BCUT2D eigenvalue weighted by atomic mass is 14.2. The van der Waals surface area contributed by atoms with Crippen molar-refractivity contribution in [1.29, 1.82) is 0 Å². The van der Waals surface area contributed by atoms with Crippen LogP contribution < -0.4 is 0 Å².